The monoisotopic (exact) mass is 378 g/mol. The van der Waals surface area contributed by atoms with E-state index in [0.29, 0.717) is 19.4 Å². The number of carbonyl (C=O) groups is 1. The Morgan fingerprint density at radius 3 is 2.50 bits per heavy atom. The van der Waals surface area contributed by atoms with E-state index in [2.05, 4.69) is 29.6 Å². The summed E-state index contributed by atoms with van der Waals surface area (Å²) >= 11 is 0. The van der Waals surface area contributed by atoms with Gasteiger partial charge in [0.2, 0.25) is 5.91 Å². The molecule has 5 heteroatoms. The zero-order chi connectivity index (χ0) is 19.9. The van der Waals surface area contributed by atoms with E-state index in [9.17, 15) is 4.79 Å². The van der Waals surface area contributed by atoms with Crippen molar-refractivity contribution in [2.24, 2.45) is 5.73 Å². The van der Waals surface area contributed by atoms with Crippen LogP contribution in [0, 0.1) is 0 Å². The van der Waals surface area contributed by atoms with E-state index >= 15 is 0 Å². The second-order valence-electron chi connectivity index (χ2n) is 6.64. The van der Waals surface area contributed by atoms with Crippen molar-refractivity contribution in [2.75, 3.05) is 20.8 Å². The number of carbonyl (C=O) groups excluding carboxylic acids is 1. The molecule has 1 unspecified atom stereocenters. The molecule has 3 aromatic rings. The van der Waals surface area contributed by atoms with Gasteiger partial charge in [-0.3, -0.25) is 4.79 Å². The van der Waals surface area contributed by atoms with Crippen molar-refractivity contribution in [3.8, 4) is 11.5 Å². The van der Waals surface area contributed by atoms with Gasteiger partial charge in [-0.05, 0) is 52.6 Å². The van der Waals surface area contributed by atoms with Crippen LogP contribution in [0.3, 0.4) is 0 Å². The number of benzene rings is 3. The molecule has 0 heterocycles. The Balaban J connectivity index is 1.67. The Hall–Kier alpha value is -3.05. The molecule has 0 saturated heterocycles. The minimum absolute atomic E-state index is 0.0477. The van der Waals surface area contributed by atoms with Crippen LogP contribution in [0.2, 0.25) is 0 Å². The molecule has 146 valence electrons. The third kappa shape index (κ3) is 4.61. The molecule has 0 aromatic heterocycles. The lowest BCUT2D eigenvalue weighted by Crippen LogP contribution is -2.33. The zero-order valence-corrected chi connectivity index (χ0v) is 16.3. The quantitative estimate of drug-likeness (QED) is 0.628. The number of fused-ring (bicyclic) bond motifs is 1. The van der Waals surface area contributed by atoms with Crippen molar-refractivity contribution in [3.63, 3.8) is 0 Å². The number of nitrogens with two attached hydrogens (primary N) is 1. The number of rotatable bonds is 8. The molecule has 0 aliphatic heterocycles. The molecule has 28 heavy (non-hydrogen) atoms. The molecule has 0 fully saturated rings. The summed E-state index contributed by atoms with van der Waals surface area (Å²) in [5, 5.41) is 5.35. The van der Waals surface area contributed by atoms with Crippen molar-refractivity contribution in [1.82, 2.24) is 5.32 Å². The summed E-state index contributed by atoms with van der Waals surface area (Å²) in [6.07, 6.45) is 0.898. The Morgan fingerprint density at radius 1 is 1.00 bits per heavy atom. The van der Waals surface area contributed by atoms with Crippen LogP contribution in [0.1, 0.15) is 23.6 Å². The van der Waals surface area contributed by atoms with Gasteiger partial charge in [0, 0.05) is 13.0 Å². The van der Waals surface area contributed by atoms with Crippen molar-refractivity contribution < 1.29 is 14.3 Å². The second-order valence-corrected chi connectivity index (χ2v) is 6.64. The van der Waals surface area contributed by atoms with Crippen molar-refractivity contribution >= 4 is 16.7 Å². The average Bonchev–Trinajstić information content (AvgIpc) is 2.75. The van der Waals surface area contributed by atoms with E-state index in [0.717, 1.165) is 28.0 Å². The smallest absolute Gasteiger partial charge is 0.220 e. The zero-order valence-electron chi connectivity index (χ0n) is 16.3. The van der Waals surface area contributed by atoms with Gasteiger partial charge in [-0.1, -0.05) is 36.4 Å². The lowest BCUT2D eigenvalue weighted by atomic mass is 10.0. The number of hydrogen-bond donors (Lipinski definition) is 2. The summed E-state index contributed by atoms with van der Waals surface area (Å²) in [6.45, 7) is 0.340. The second kappa shape index (κ2) is 9.24. The maximum atomic E-state index is 12.5. The first-order chi connectivity index (χ1) is 13.6. The van der Waals surface area contributed by atoms with Crippen LogP contribution in [0.15, 0.2) is 60.7 Å². The molecular formula is C23H26N2O3. The van der Waals surface area contributed by atoms with Crippen LogP contribution in [0.4, 0.5) is 0 Å². The van der Waals surface area contributed by atoms with Gasteiger partial charge < -0.3 is 20.5 Å². The van der Waals surface area contributed by atoms with Crippen LogP contribution in [-0.2, 0) is 11.2 Å². The molecule has 0 radical (unpaired) electrons. The maximum absolute atomic E-state index is 12.5. The van der Waals surface area contributed by atoms with E-state index in [-0.39, 0.29) is 11.9 Å². The number of methoxy groups -OCH3 is 2. The number of ether oxygens (including phenoxy) is 2. The number of hydrogen-bond acceptors (Lipinski definition) is 4. The highest BCUT2D eigenvalue weighted by Gasteiger charge is 2.15. The average molecular weight is 378 g/mol. The van der Waals surface area contributed by atoms with Crippen LogP contribution in [0.25, 0.3) is 10.8 Å². The molecule has 0 aliphatic rings. The fraction of sp³-hybridized carbons (Fsp3) is 0.261. The Morgan fingerprint density at radius 2 is 1.79 bits per heavy atom. The molecule has 0 bridgehead atoms. The summed E-state index contributed by atoms with van der Waals surface area (Å²) in [7, 11) is 3.24. The molecule has 1 atom stereocenters. The minimum atomic E-state index is -0.218. The lowest BCUT2D eigenvalue weighted by Gasteiger charge is -2.18. The van der Waals surface area contributed by atoms with E-state index in [1.165, 1.54) is 5.39 Å². The van der Waals surface area contributed by atoms with E-state index in [4.69, 9.17) is 15.2 Å². The molecule has 0 spiro atoms. The standard InChI is InChI=1S/C23H26N2O3/c1-27-20-10-11-22(28-2)19(14-20)9-12-23(26)25-21(15-24)18-8-7-16-5-3-4-6-17(16)13-18/h3-8,10-11,13-14,21H,9,12,15,24H2,1-2H3,(H,25,26). The first-order valence-corrected chi connectivity index (χ1v) is 9.33. The molecule has 3 N–H and O–H groups in total. The van der Waals surface area contributed by atoms with Gasteiger partial charge in [-0.15, -0.1) is 0 Å². The fourth-order valence-corrected chi connectivity index (χ4v) is 3.29. The Kier molecular flexibility index (Phi) is 6.50. The van der Waals surface area contributed by atoms with Crippen molar-refractivity contribution in [2.45, 2.75) is 18.9 Å². The number of nitrogens with one attached hydrogen (secondary N) is 1. The highest BCUT2D eigenvalue weighted by molar-refractivity contribution is 5.83. The number of amides is 1. The van der Waals surface area contributed by atoms with E-state index in [1.54, 1.807) is 14.2 Å². The molecular weight excluding hydrogens is 352 g/mol. The Labute approximate surface area is 165 Å². The van der Waals surface area contributed by atoms with Crippen LogP contribution >= 0.6 is 0 Å². The van der Waals surface area contributed by atoms with Crippen molar-refractivity contribution in [3.05, 3.63) is 71.8 Å². The first kappa shape index (κ1) is 19.7. The summed E-state index contributed by atoms with van der Waals surface area (Å²) in [6, 6.07) is 19.7. The van der Waals surface area contributed by atoms with Gasteiger partial charge >= 0.3 is 0 Å². The predicted octanol–water partition coefficient (Wildman–Crippen LogP) is 3.61. The normalized spacial score (nSPS) is 11.8. The Bertz CT molecular complexity index is 955. The van der Waals surface area contributed by atoms with Gasteiger partial charge in [-0.2, -0.15) is 0 Å². The SMILES string of the molecule is COc1ccc(OC)c(CCC(=O)NC(CN)c2ccc3ccccc3c2)c1. The fourth-order valence-electron chi connectivity index (χ4n) is 3.29. The van der Waals surface area contributed by atoms with Gasteiger partial charge in [0.25, 0.3) is 0 Å². The lowest BCUT2D eigenvalue weighted by molar-refractivity contribution is -0.121. The first-order valence-electron chi connectivity index (χ1n) is 9.33. The van der Waals surface area contributed by atoms with Gasteiger partial charge in [-0.25, -0.2) is 0 Å². The van der Waals surface area contributed by atoms with Gasteiger partial charge in [0.15, 0.2) is 0 Å². The topological polar surface area (TPSA) is 73.6 Å². The van der Waals surface area contributed by atoms with Crippen LogP contribution in [0.5, 0.6) is 11.5 Å². The predicted molar refractivity (Wildman–Crippen MR) is 112 cm³/mol. The van der Waals surface area contributed by atoms with Crippen LogP contribution < -0.4 is 20.5 Å². The summed E-state index contributed by atoms with van der Waals surface area (Å²) in [4.78, 5) is 12.5. The van der Waals surface area contributed by atoms with Gasteiger partial charge in [0.05, 0.1) is 20.3 Å². The molecule has 3 aromatic carbocycles. The molecule has 0 aliphatic carbocycles. The van der Waals surface area contributed by atoms with E-state index < -0.39 is 0 Å². The highest BCUT2D eigenvalue weighted by Crippen LogP contribution is 2.25. The summed E-state index contributed by atoms with van der Waals surface area (Å²) < 4.78 is 10.6. The third-order valence-corrected chi connectivity index (χ3v) is 4.86. The molecule has 3 rings (SSSR count). The summed E-state index contributed by atoms with van der Waals surface area (Å²) in [5.74, 6) is 1.44. The maximum Gasteiger partial charge on any atom is 0.220 e. The largest absolute Gasteiger partial charge is 0.497 e. The summed E-state index contributed by atoms with van der Waals surface area (Å²) in [5.41, 5.74) is 7.88. The molecule has 0 saturated carbocycles. The minimum Gasteiger partial charge on any atom is -0.497 e. The highest BCUT2D eigenvalue weighted by atomic mass is 16.5. The molecule has 5 nitrogen and oxygen atoms in total. The van der Waals surface area contributed by atoms with E-state index in [1.807, 2.05) is 36.4 Å². The molecule has 1 amide bonds. The number of aryl methyl sites for hydroxylation is 1. The van der Waals surface area contributed by atoms with Crippen LogP contribution in [-0.4, -0.2) is 26.7 Å². The van der Waals surface area contributed by atoms with Gasteiger partial charge in [0.1, 0.15) is 11.5 Å². The van der Waals surface area contributed by atoms with Crippen molar-refractivity contribution in [1.29, 1.82) is 0 Å². The third-order valence-electron chi connectivity index (χ3n) is 4.86.